The molecule has 0 unspecified atom stereocenters. The number of nitrogens with zero attached hydrogens (tertiary/aromatic N) is 4. The summed E-state index contributed by atoms with van der Waals surface area (Å²) in [5.41, 5.74) is 6.80. The van der Waals surface area contributed by atoms with Gasteiger partial charge in [0.2, 0.25) is 5.78 Å². The molecule has 2 N–H and O–H groups in total. The third-order valence-corrected chi connectivity index (χ3v) is 6.14. The first-order chi connectivity index (χ1) is 17.7. The number of aromatic nitrogens is 4. The van der Waals surface area contributed by atoms with Gasteiger partial charge in [0.15, 0.2) is 6.61 Å². The molecule has 11 heteroatoms. The number of para-hydroxylation sites is 1. The van der Waals surface area contributed by atoms with E-state index in [-0.39, 0.29) is 5.82 Å². The highest BCUT2D eigenvalue weighted by Gasteiger charge is 2.21. The number of nitrogens with two attached hydrogens (primary N) is 1. The van der Waals surface area contributed by atoms with E-state index in [9.17, 15) is 19.2 Å². The van der Waals surface area contributed by atoms with E-state index >= 15 is 0 Å². The number of hydrogen-bond acceptors (Lipinski definition) is 7. The lowest BCUT2D eigenvalue weighted by molar-refractivity contribution is -0.136. The minimum absolute atomic E-state index is 0.294. The highest BCUT2D eigenvalue weighted by Crippen LogP contribution is 2.26. The zero-order valence-electron chi connectivity index (χ0n) is 19.9. The normalized spacial score (nSPS) is 11.1. The summed E-state index contributed by atoms with van der Waals surface area (Å²) in [6, 6.07) is 17.1. The standard InChI is InChI=1S/C26H22BrN5O5/c1-30-24(28)22(25(35)31(2)26(30)36)20(33)15-37-21(34)13-10-17-14-32(19-6-4-3-5-7-19)29-23(17)16-8-11-18(27)12-9-16/h3-14H,15,28H2,1-2H3. The van der Waals surface area contributed by atoms with Crippen molar-refractivity contribution in [1.82, 2.24) is 18.9 Å². The summed E-state index contributed by atoms with van der Waals surface area (Å²) in [4.78, 5) is 49.3. The monoisotopic (exact) mass is 563 g/mol. The van der Waals surface area contributed by atoms with Gasteiger partial charge in [0.25, 0.3) is 5.56 Å². The van der Waals surface area contributed by atoms with Crippen molar-refractivity contribution in [2.45, 2.75) is 0 Å². The molecule has 0 fully saturated rings. The summed E-state index contributed by atoms with van der Waals surface area (Å²) in [6.07, 6.45) is 4.48. The molecule has 0 aliphatic rings. The van der Waals surface area contributed by atoms with Crippen molar-refractivity contribution in [1.29, 1.82) is 0 Å². The number of ether oxygens (including phenoxy) is 1. The molecular weight excluding hydrogens is 542 g/mol. The van der Waals surface area contributed by atoms with E-state index in [0.29, 0.717) is 11.3 Å². The van der Waals surface area contributed by atoms with Crippen molar-refractivity contribution in [3.63, 3.8) is 0 Å². The molecule has 10 nitrogen and oxygen atoms in total. The molecule has 2 heterocycles. The summed E-state index contributed by atoms with van der Waals surface area (Å²) in [6.45, 7) is -0.719. The predicted octanol–water partition coefficient (Wildman–Crippen LogP) is 2.72. The van der Waals surface area contributed by atoms with Crippen LogP contribution in [-0.4, -0.2) is 37.3 Å². The molecule has 0 spiro atoms. The topological polar surface area (TPSA) is 131 Å². The maximum Gasteiger partial charge on any atom is 0.332 e. The van der Waals surface area contributed by atoms with Crippen LogP contribution in [0.4, 0.5) is 5.82 Å². The van der Waals surface area contributed by atoms with E-state index in [4.69, 9.17) is 10.5 Å². The van der Waals surface area contributed by atoms with Gasteiger partial charge in [-0.25, -0.2) is 14.3 Å². The highest BCUT2D eigenvalue weighted by molar-refractivity contribution is 9.10. The number of carbonyl (C=O) groups excluding carboxylic acids is 2. The van der Waals surface area contributed by atoms with E-state index < -0.39 is 35.2 Å². The van der Waals surface area contributed by atoms with Crippen molar-refractivity contribution >= 4 is 39.6 Å². The van der Waals surface area contributed by atoms with E-state index in [0.717, 1.165) is 24.9 Å². The average molecular weight is 564 g/mol. The minimum Gasteiger partial charge on any atom is -0.454 e. The zero-order valence-corrected chi connectivity index (χ0v) is 21.5. The molecule has 0 bridgehead atoms. The van der Waals surface area contributed by atoms with Gasteiger partial charge in [0.05, 0.1) is 11.4 Å². The number of esters is 1. The Balaban J connectivity index is 1.56. The van der Waals surface area contributed by atoms with Crippen LogP contribution >= 0.6 is 15.9 Å². The quantitative estimate of drug-likeness (QED) is 0.208. The molecular formula is C26H22BrN5O5. The van der Waals surface area contributed by atoms with E-state index in [1.165, 1.54) is 26.2 Å². The van der Waals surface area contributed by atoms with Gasteiger partial charge < -0.3 is 10.5 Å². The number of Topliss-reactive ketones (excluding diaryl/α,β-unsaturated/α-hetero) is 1. The molecule has 4 aromatic rings. The number of ketones is 1. The summed E-state index contributed by atoms with van der Waals surface area (Å²) < 4.78 is 9.41. The molecule has 0 amide bonds. The molecule has 0 aliphatic heterocycles. The number of hydrogen-bond donors (Lipinski definition) is 1. The second kappa shape index (κ2) is 10.6. The zero-order chi connectivity index (χ0) is 26.7. The Hall–Kier alpha value is -4.51. The Kier molecular flexibility index (Phi) is 7.35. The lowest BCUT2D eigenvalue weighted by atomic mass is 10.1. The molecule has 2 aromatic carbocycles. The number of anilines is 1. The number of halogens is 1. The van der Waals surface area contributed by atoms with Crippen LogP contribution in [0.1, 0.15) is 15.9 Å². The molecule has 0 aliphatic carbocycles. The molecule has 2 aromatic heterocycles. The summed E-state index contributed by atoms with van der Waals surface area (Å²) >= 11 is 3.42. The Morgan fingerprint density at radius 1 is 1.03 bits per heavy atom. The molecule has 0 radical (unpaired) electrons. The van der Waals surface area contributed by atoms with Crippen molar-refractivity contribution in [2.24, 2.45) is 14.1 Å². The highest BCUT2D eigenvalue weighted by atomic mass is 79.9. The maximum absolute atomic E-state index is 12.6. The van der Waals surface area contributed by atoms with Crippen molar-refractivity contribution in [2.75, 3.05) is 12.3 Å². The lowest BCUT2D eigenvalue weighted by Crippen LogP contribution is -2.42. The van der Waals surface area contributed by atoms with Crippen molar-refractivity contribution in [3.05, 3.63) is 103 Å². The fourth-order valence-electron chi connectivity index (χ4n) is 3.59. The van der Waals surface area contributed by atoms with Gasteiger partial charge in [-0.05, 0) is 30.3 Å². The first-order valence-electron chi connectivity index (χ1n) is 11.0. The number of nitrogen functional groups attached to an aromatic ring is 1. The van der Waals surface area contributed by atoms with Crippen LogP contribution in [0.15, 0.2) is 80.9 Å². The second-order valence-corrected chi connectivity index (χ2v) is 8.97. The van der Waals surface area contributed by atoms with E-state index in [1.807, 2.05) is 54.6 Å². The summed E-state index contributed by atoms with van der Waals surface area (Å²) in [5.74, 6) is -1.91. The number of carbonyl (C=O) groups is 2. The van der Waals surface area contributed by atoms with Gasteiger partial charge in [-0.15, -0.1) is 0 Å². The van der Waals surface area contributed by atoms with E-state index in [1.54, 1.807) is 10.9 Å². The van der Waals surface area contributed by atoms with Crippen LogP contribution in [0.5, 0.6) is 0 Å². The lowest BCUT2D eigenvalue weighted by Gasteiger charge is -2.10. The molecule has 0 atom stereocenters. The second-order valence-electron chi connectivity index (χ2n) is 8.05. The Morgan fingerprint density at radius 2 is 1.70 bits per heavy atom. The third-order valence-electron chi connectivity index (χ3n) is 5.61. The Morgan fingerprint density at radius 3 is 2.38 bits per heavy atom. The smallest absolute Gasteiger partial charge is 0.332 e. The summed E-state index contributed by atoms with van der Waals surface area (Å²) in [5, 5.41) is 4.68. The van der Waals surface area contributed by atoms with Crippen LogP contribution in [-0.2, 0) is 23.6 Å². The van der Waals surface area contributed by atoms with E-state index in [2.05, 4.69) is 21.0 Å². The predicted molar refractivity (Wildman–Crippen MR) is 142 cm³/mol. The first-order valence-corrected chi connectivity index (χ1v) is 11.8. The van der Waals surface area contributed by atoms with Crippen LogP contribution in [0.25, 0.3) is 23.0 Å². The average Bonchev–Trinajstić information content (AvgIpc) is 3.33. The Labute approximate surface area is 219 Å². The van der Waals surface area contributed by atoms with Gasteiger partial charge in [-0.1, -0.05) is 46.3 Å². The van der Waals surface area contributed by atoms with Crippen molar-refractivity contribution < 1.29 is 14.3 Å². The minimum atomic E-state index is -0.857. The van der Waals surface area contributed by atoms with Gasteiger partial charge in [-0.3, -0.25) is 18.7 Å². The fraction of sp³-hybridized carbons (Fsp3) is 0.115. The van der Waals surface area contributed by atoms with Crippen LogP contribution in [0.2, 0.25) is 0 Å². The van der Waals surface area contributed by atoms with Crippen molar-refractivity contribution in [3.8, 4) is 16.9 Å². The van der Waals surface area contributed by atoms with Gasteiger partial charge in [-0.2, -0.15) is 5.10 Å². The van der Waals surface area contributed by atoms with Gasteiger partial charge >= 0.3 is 11.7 Å². The SMILES string of the molecule is Cn1c(N)c(C(=O)COC(=O)C=Cc2cn(-c3ccccc3)nc2-c2ccc(Br)cc2)c(=O)n(C)c1=O. The van der Waals surface area contributed by atoms with Crippen LogP contribution in [0.3, 0.4) is 0 Å². The summed E-state index contributed by atoms with van der Waals surface area (Å²) in [7, 11) is 2.57. The van der Waals surface area contributed by atoms with Gasteiger partial charge in [0.1, 0.15) is 11.4 Å². The third kappa shape index (κ3) is 5.36. The Bertz CT molecular complexity index is 1630. The molecule has 0 saturated heterocycles. The first kappa shape index (κ1) is 25.6. The maximum atomic E-state index is 12.6. The fourth-order valence-corrected chi connectivity index (χ4v) is 3.86. The molecule has 0 saturated carbocycles. The number of rotatable bonds is 7. The van der Waals surface area contributed by atoms with Gasteiger partial charge in [0, 0.05) is 42.0 Å². The van der Waals surface area contributed by atoms with Crippen LogP contribution in [0, 0.1) is 0 Å². The molecule has 4 rings (SSSR count). The number of benzene rings is 2. The van der Waals surface area contributed by atoms with Crippen LogP contribution < -0.4 is 17.0 Å². The molecule has 37 heavy (non-hydrogen) atoms. The largest absolute Gasteiger partial charge is 0.454 e. The molecule has 188 valence electrons.